The van der Waals surface area contributed by atoms with Crippen LogP contribution in [0.2, 0.25) is 0 Å². The third kappa shape index (κ3) is 5.84. The molecule has 4 rings (SSSR count). The van der Waals surface area contributed by atoms with Crippen molar-refractivity contribution >= 4 is 35.3 Å². The van der Waals surface area contributed by atoms with Crippen molar-refractivity contribution in [2.45, 2.75) is 25.2 Å². The van der Waals surface area contributed by atoms with Crippen LogP contribution in [-0.2, 0) is 11.2 Å². The summed E-state index contributed by atoms with van der Waals surface area (Å²) in [6, 6.07) is 21.3. The van der Waals surface area contributed by atoms with E-state index in [4.69, 9.17) is 4.74 Å². The largest absolute Gasteiger partial charge is 0.494 e. The second-order valence-electron chi connectivity index (χ2n) is 7.77. The van der Waals surface area contributed by atoms with Crippen molar-refractivity contribution in [1.29, 1.82) is 0 Å². The Labute approximate surface area is 198 Å². The number of amides is 2. The van der Waals surface area contributed by atoms with E-state index in [2.05, 4.69) is 10.6 Å². The molecule has 6 heteroatoms. The predicted octanol–water partition coefficient (Wildman–Crippen LogP) is 5.45. The Morgan fingerprint density at radius 2 is 1.82 bits per heavy atom. The van der Waals surface area contributed by atoms with Gasteiger partial charge in [0.25, 0.3) is 11.8 Å². The zero-order valence-electron chi connectivity index (χ0n) is 18.7. The molecule has 33 heavy (non-hydrogen) atoms. The van der Waals surface area contributed by atoms with Gasteiger partial charge in [0.2, 0.25) is 0 Å². The number of ether oxygens (including phenoxy) is 1. The Morgan fingerprint density at radius 1 is 1.06 bits per heavy atom. The highest BCUT2D eigenvalue weighted by atomic mass is 32.2. The van der Waals surface area contributed by atoms with Crippen molar-refractivity contribution in [2.75, 3.05) is 18.5 Å². The predicted molar refractivity (Wildman–Crippen MR) is 134 cm³/mol. The van der Waals surface area contributed by atoms with Crippen LogP contribution in [0.5, 0.6) is 5.75 Å². The molecule has 5 nitrogen and oxygen atoms in total. The molecular weight excluding hydrogens is 432 g/mol. The number of nitrogens with one attached hydrogen (secondary N) is 2. The zero-order chi connectivity index (χ0) is 23.2. The van der Waals surface area contributed by atoms with Crippen molar-refractivity contribution in [2.24, 2.45) is 0 Å². The summed E-state index contributed by atoms with van der Waals surface area (Å²) in [7, 11) is 0. The van der Waals surface area contributed by atoms with Crippen LogP contribution in [0.4, 0.5) is 5.69 Å². The van der Waals surface area contributed by atoms with E-state index in [0.29, 0.717) is 29.3 Å². The first kappa shape index (κ1) is 22.7. The van der Waals surface area contributed by atoms with E-state index in [1.165, 1.54) is 17.3 Å². The number of carbonyl (C=O) groups excluding carboxylic acids is 2. The minimum absolute atomic E-state index is 0.163. The molecule has 168 valence electrons. The van der Waals surface area contributed by atoms with Gasteiger partial charge in [-0.05, 0) is 67.8 Å². The molecule has 0 aromatic heterocycles. The van der Waals surface area contributed by atoms with Crippen molar-refractivity contribution in [3.05, 3.63) is 93.9 Å². The molecule has 0 unspecified atom stereocenters. The summed E-state index contributed by atoms with van der Waals surface area (Å²) in [5.74, 6) is 0.515. The Bertz CT molecular complexity index is 1180. The van der Waals surface area contributed by atoms with E-state index in [1.54, 1.807) is 12.1 Å². The number of thioether (sulfide) groups is 1. The van der Waals surface area contributed by atoms with Crippen LogP contribution in [0.1, 0.15) is 34.0 Å². The maximum Gasteiger partial charge on any atom is 0.262 e. The zero-order valence-corrected chi connectivity index (χ0v) is 19.5. The van der Waals surface area contributed by atoms with Gasteiger partial charge >= 0.3 is 0 Å². The van der Waals surface area contributed by atoms with Crippen molar-refractivity contribution < 1.29 is 14.3 Å². The molecule has 3 aromatic rings. The minimum atomic E-state index is -0.166. The molecule has 2 N–H and O–H groups in total. The standard InChI is InChI=1S/C27H26N2O3S/c1-3-32-22-11-8-19(9-12-22)14-15-28-26(30)21-10-13-24-23(17-21)29-27(31)25(33-24)16-20-6-4-18(2)5-7-20/h4-13,16-17H,3,14-15H2,1-2H3,(H,28,30)(H,29,31). The number of fused-ring (bicyclic) bond motifs is 1. The van der Waals surface area contributed by atoms with Crippen LogP contribution >= 0.6 is 11.8 Å². The van der Waals surface area contributed by atoms with Crippen LogP contribution < -0.4 is 15.4 Å². The van der Waals surface area contributed by atoms with Gasteiger partial charge in [-0.2, -0.15) is 0 Å². The van der Waals surface area contributed by atoms with Gasteiger partial charge in [0.1, 0.15) is 5.75 Å². The van der Waals surface area contributed by atoms with E-state index < -0.39 is 0 Å². The average molecular weight is 459 g/mol. The van der Waals surface area contributed by atoms with Gasteiger partial charge in [0, 0.05) is 17.0 Å². The van der Waals surface area contributed by atoms with Gasteiger partial charge in [-0.3, -0.25) is 9.59 Å². The first-order valence-corrected chi connectivity index (χ1v) is 11.7. The molecule has 0 atom stereocenters. The van der Waals surface area contributed by atoms with Gasteiger partial charge < -0.3 is 15.4 Å². The highest BCUT2D eigenvalue weighted by Crippen LogP contribution is 2.39. The number of hydrogen-bond acceptors (Lipinski definition) is 4. The number of carbonyl (C=O) groups is 2. The second kappa shape index (κ2) is 10.4. The van der Waals surface area contributed by atoms with Crippen LogP contribution in [0.3, 0.4) is 0 Å². The van der Waals surface area contributed by atoms with Crippen molar-refractivity contribution in [3.8, 4) is 5.75 Å². The molecule has 0 spiro atoms. The van der Waals surface area contributed by atoms with Crippen LogP contribution in [0.25, 0.3) is 6.08 Å². The summed E-state index contributed by atoms with van der Waals surface area (Å²) in [6.07, 6.45) is 2.60. The molecule has 0 saturated heterocycles. The summed E-state index contributed by atoms with van der Waals surface area (Å²) in [6.45, 7) is 5.15. The summed E-state index contributed by atoms with van der Waals surface area (Å²) in [4.78, 5) is 26.7. The SMILES string of the molecule is CCOc1ccc(CCNC(=O)c2ccc3c(c2)NC(=O)C(=Cc2ccc(C)cc2)S3)cc1. The fourth-order valence-corrected chi connectivity index (χ4v) is 4.39. The van der Waals surface area contributed by atoms with Crippen molar-refractivity contribution in [3.63, 3.8) is 0 Å². The fraction of sp³-hybridized carbons (Fsp3) is 0.185. The fourth-order valence-electron chi connectivity index (χ4n) is 3.46. The molecular formula is C27H26N2O3S. The van der Waals surface area contributed by atoms with E-state index in [9.17, 15) is 9.59 Å². The highest BCUT2D eigenvalue weighted by molar-refractivity contribution is 8.04. The van der Waals surface area contributed by atoms with Gasteiger partial charge in [-0.15, -0.1) is 0 Å². The first-order valence-electron chi connectivity index (χ1n) is 10.9. The quantitative estimate of drug-likeness (QED) is 0.462. The van der Waals surface area contributed by atoms with Gasteiger partial charge in [-0.1, -0.05) is 53.7 Å². The molecule has 0 fully saturated rings. The number of benzene rings is 3. The number of hydrogen-bond donors (Lipinski definition) is 2. The first-order chi connectivity index (χ1) is 16.0. The van der Waals surface area contributed by atoms with E-state index >= 15 is 0 Å². The normalized spacial score (nSPS) is 13.9. The van der Waals surface area contributed by atoms with Gasteiger partial charge in [0.05, 0.1) is 17.2 Å². The third-order valence-corrected chi connectivity index (χ3v) is 6.34. The average Bonchev–Trinajstić information content (AvgIpc) is 2.82. The van der Waals surface area contributed by atoms with E-state index in [1.807, 2.05) is 74.5 Å². The number of rotatable bonds is 7. The molecule has 0 saturated carbocycles. The molecule has 1 aliphatic rings. The molecule has 0 aliphatic carbocycles. The lowest BCUT2D eigenvalue weighted by Gasteiger charge is -2.19. The second-order valence-corrected chi connectivity index (χ2v) is 8.85. The third-order valence-electron chi connectivity index (χ3n) is 5.24. The monoisotopic (exact) mass is 458 g/mol. The van der Waals surface area contributed by atoms with Gasteiger partial charge in [-0.25, -0.2) is 0 Å². The van der Waals surface area contributed by atoms with E-state index in [-0.39, 0.29) is 11.8 Å². The number of anilines is 1. The van der Waals surface area contributed by atoms with Crippen LogP contribution in [0.15, 0.2) is 76.5 Å². The summed E-state index contributed by atoms with van der Waals surface area (Å²) in [5.41, 5.74) is 4.46. The molecule has 1 aliphatic heterocycles. The van der Waals surface area contributed by atoms with Crippen LogP contribution in [0, 0.1) is 6.92 Å². The molecule has 3 aromatic carbocycles. The summed E-state index contributed by atoms with van der Waals surface area (Å²) >= 11 is 1.41. The summed E-state index contributed by atoms with van der Waals surface area (Å²) < 4.78 is 5.45. The molecule has 0 radical (unpaired) electrons. The Hall–Kier alpha value is -3.51. The van der Waals surface area contributed by atoms with E-state index in [0.717, 1.165) is 28.2 Å². The maximum atomic E-state index is 12.6. The topological polar surface area (TPSA) is 67.4 Å². The van der Waals surface area contributed by atoms with Crippen molar-refractivity contribution in [1.82, 2.24) is 5.32 Å². The minimum Gasteiger partial charge on any atom is -0.494 e. The van der Waals surface area contributed by atoms with Crippen LogP contribution in [-0.4, -0.2) is 25.0 Å². The highest BCUT2D eigenvalue weighted by Gasteiger charge is 2.22. The maximum absolute atomic E-state index is 12.6. The lowest BCUT2D eigenvalue weighted by atomic mass is 10.1. The molecule has 1 heterocycles. The summed E-state index contributed by atoms with van der Waals surface area (Å²) in [5, 5.41) is 5.86. The lowest BCUT2D eigenvalue weighted by Crippen LogP contribution is -2.26. The molecule has 0 bridgehead atoms. The Balaban J connectivity index is 1.37. The Morgan fingerprint density at radius 3 is 2.55 bits per heavy atom. The lowest BCUT2D eigenvalue weighted by molar-refractivity contribution is -0.112. The smallest absolute Gasteiger partial charge is 0.262 e. The molecule has 2 amide bonds. The van der Waals surface area contributed by atoms with Gasteiger partial charge in [0.15, 0.2) is 0 Å². The number of aryl methyl sites for hydroxylation is 1. The Kier molecular flexibility index (Phi) is 7.15.